The number of rotatable bonds is 3. The van der Waals surface area contributed by atoms with Gasteiger partial charge in [0.1, 0.15) is 0 Å². The van der Waals surface area contributed by atoms with Crippen molar-refractivity contribution in [2.24, 2.45) is 10.4 Å². The molecule has 0 aliphatic heterocycles. The van der Waals surface area contributed by atoms with Crippen LogP contribution in [0.5, 0.6) is 0 Å². The molecule has 1 heteroatoms. The average Bonchev–Trinajstić information content (AvgIpc) is 2.01. The third kappa shape index (κ3) is 3.75. The Hall–Kier alpha value is -0.590. The van der Waals surface area contributed by atoms with Gasteiger partial charge in [-0.2, -0.15) is 0 Å². The largest absolute Gasteiger partial charge is 0.293 e. The molecule has 0 heterocycles. The van der Waals surface area contributed by atoms with Crippen LogP contribution < -0.4 is 0 Å². The number of nitrogens with zero attached hydrogens (tertiary/aromatic N) is 1. The minimum Gasteiger partial charge on any atom is -0.293 e. The fourth-order valence-electron chi connectivity index (χ4n) is 1.64. The summed E-state index contributed by atoms with van der Waals surface area (Å²) in [5, 5.41) is 0. The lowest BCUT2D eigenvalue weighted by molar-refractivity contribution is 0.521. The molecular weight excluding hydrogens is 158 g/mol. The van der Waals surface area contributed by atoms with E-state index in [1.54, 1.807) is 0 Å². The Kier molecular flexibility index (Phi) is 4.97. The van der Waals surface area contributed by atoms with Crippen molar-refractivity contribution in [1.82, 2.24) is 0 Å². The highest BCUT2D eigenvalue weighted by atomic mass is 14.7. The lowest BCUT2D eigenvalue weighted by atomic mass is 9.82. The van der Waals surface area contributed by atoms with Crippen molar-refractivity contribution >= 4 is 5.71 Å². The van der Waals surface area contributed by atoms with Gasteiger partial charge >= 0.3 is 0 Å². The zero-order chi connectivity index (χ0) is 10.5. The second-order valence-electron chi connectivity index (χ2n) is 4.37. The number of aliphatic imine (C=N–C) groups is 1. The maximum atomic E-state index is 4.36. The first kappa shape index (κ1) is 12.4. The maximum Gasteiger partial charge on any atom is 0.0378 e. The fourth-order valence-corrected chi connectivity index (χ4v) is 1.64. The lowest BCUT2D eigenvalue weighted by Crippen LogP contribution is -2.17. The van der Waals surface area contributed by atoms with Crippen LogP contribution in [0.1, 0.15) is 47.5 Å². The van der Waals surface area contributed by atoms with Crippen LogP contribution >= 0.6 is 0 Å². The van der Waals surface area contributed by atoms with Crippen LogP contribution in [0.3, 0.4) is 0 Å². The third-order valence-electron chi connectivity index (χ3n) is 2.16. The summed E-state index contributed by atoms with van der Waals surface area (Å²) in [4.78, 5) is 4.36. The highest BCUT2D eigenvalue weighted by molar-refractivity contribution is 6.00. The molecule has 0 aromatic rings. The van der Waals surface area contributed by atoms with Gasteiger partial charge in [0.15, 0.2) is 0 Å². The van der Waals surface area contributed by atoms with Crippen LogP contribution in [0.2, 0.25) is 0 Å². The molecule has 0 bridgehead atoms. The van der Waals surface area contributed by atoms with Gasteiger partial charge in [0, 0.05) is 12.8 Å². The number of allylic oxidation sites excluding steroid dienone is 2. The van der Waals surface area contributed by atoms with Gasteiger partial charge in [-0.3, -0.25) is 4.99 Å². The Labute approximate surface area is 83.0 Å². The molecule has 0 aromatic carbocycles. The maximum absolute atomic E-state index is 4.36. The van der Waals surface area contributed by atoms with Crippen LogP contribution in [0.25, 0.3) is 0 Å². The summed E-state index contributed by atoms with van der Waals surface area (Å²) in [6.07, 6.45) is 4.45. The molecule has 0 atom stereocenters. The van der Waals surface area contributed by atoms with Crippen LogP contribution in [0.15, 0.2) is 16.6 Å². The van der Waals surface area contributed by atoms with E-state index < -0.39 is 0 Å². The molecule has 0 aliphatic rings. The zero-order valence-electron chi connectivity index (χ0n) is 9.94. The van der Waals surface area contributed by atoms with E-state index in [1.807, 2.05) is 7.05 Å². The molecular formula is C12H23N. The quantitative estimate of drug-likeness (QED) is 0.586. The summed E-state index contributed by atoms with van der Waals surface area (Å²) in [5.74, 6) is 0. The molecule has 0 fully saturated rings. The molecule has 0 saturated heterocycles. The number of hydrogen-bond acceptors (Lipinski definition) is 1. The van der Waals surface area contributed by atoms with E-state index >= 15 is 0 Å². The molecule has 0 aliphatic carbocycles. The van der Waals surface area contributed by atoms with Crippen molar-refractivity contribution in [3.8, 4) is 0 Å². The molecule has 13 heavy (non-hydrogen) atoms. The second-order valence-corrected chi connectivity index (χ2v) is 4.37. The van der Waals surface area contributed by atoms with Gasteiger partial charge in [-0.1, -0.05) is 40.2 Å². The first-order valence-corrected chi connectivity index (χ1v) is 5.10. The summed E-state index contributed by atoms with van der Waals surface area (Å²) in [6.45, 7) is 11.0. The summed E-state index contributed by atoms with van der Waals surface area (Å²) >= 11 is 0. The molecule has 0 amide bonds. The van der Waals surface area contributed by atoms with E-state index in [0.29, 0.717) is 0 Å². The smallest absolute Gasteiger partial charge is 0.0378 e. The highest BCUT2D eigenvalue weighted by Crippen LogP contribution is 2.27. The van der Waals surface area contributed by atoms with Gasteiger partial charge in [-0.15, -0.1) is 0 Å². The first-order chi connectivity index (χ1) is 5.97. The summed E-state index contributed by atoms with van der Waals surface area (Å²) < 4.78 is 0. The van der Waals surface area contributed by atoms with E-state index in [-0.39, 0.29) is 5.41 Å². The van der Waals surface area contributed by atoms with E-state index in [0.717, 1.165) is 6.42 Å². The molecule has 0 saturated carbocycles. The zero-order valence-corrected chi connectivity index (χ0v) is 9.94. The van der Waals surface area contributed by atoms with Crippen LogP contribution in [-0.2, 0) is 0 Å². The van der Waals surface area contributed by atoms with Crippen molar-refractivity contribution in [2.75, 3.05) is 7.05 Å². The van der Waals surface area contributed by atoms with Crippen molar-refractivity contribution in [3.05, 3.63) is 11.6 Å². The molecule has 76 valence electrons. The third-order valence-corrected chi connectivity index (χ3v) is 2.16. The highest BCUT2D eigenvalue weighted by Gasteiger charge is 2.19. The topological polar surface area (TPSA) is 12.4 Å². The second kappa shape index (κ2) is 5.21. The molecule has 0 N–H and O–H groups in total. The Morgan fingerprint density at radius 3 is 2.08 bits per heavy atom. The van der Waals surface area contributed by atoms with Crippen molar-refractivity contribution in [2.45, 2.75) is 47.5 Å². The predicted octanol–water partition coefficient (Wildman–Crippen LogP) is 3.85. The molecule has 0 unspecified atom stereocenters. The summed E-state index contributed by atoms with van der Waals surface area (Å²) in [7, 11) is 1.89. The Morgan fingerprint density at radius 1 is 1.31 bits per heavy atom. The van der Waals surface area contributed by atoms with E-state index in [9.17, 15) is 0 Å². The predicted molar refractivity (Wildman–Crippen MR) is 61.5 cm³/mol. The summed E-state index contributed by atoms with van der Waals surface area (Å²) in [6, 6.07) is 0. The van der Waals surface area contributed by atoms with E-state index in [2.05, 4.69) is 45.7 Å². The Bertz CT molecular complexity index is 204. The molecule has 0 radical (unpaired) electrons. The molecule has 1 nitrogen and oxygen atoms in total. The van der Waals surface area contributed by atoms with Gasteiger partial charge in [0.05, 0.1) is 0 Å². The normalized spacial score (nSPS) is 14.9. The summed E-state index contributed by atoms with van der Waals surface area (Å²) in [5.41, 5.74) is 2.87. The number of hydrogen-bond donors (Lipinski definition) is 0. The fraction of sp³-hybridized carbons (Fsp3) is 0.750. The first-order valence-electron chi connectivity index (χ1n) is 5.10. The van der Waals surface area contributed by atoms with E-state index in [4.69, 9.17) is 0 Å². The van der Waals surface area contributed by atoms with Gasteiger partial charge in [0.2, 0.25) is 0 Å². The molecule has 0 spiro atoms. The van der Waals surface area contributed by atoms with Crippen LogP contribution in [-0.4, -0.2) is 12.8 Å². The molecule has 0 aromatic heterocycles. The minimum absolute atomic E-state index is 0.221. The van der Waals surface area contributed by atoms with Crippen molar-refractivity contribution in [1.29, 1.82) is 0 Å². The monoisotopic (exact) mass is 181 g/mol. The van der Waals surface area contributed by atoms with Gasteiger partial charge in [-0.25, -0.2) is 0 Å². The van der Waals surface area contributed by atoms with Gasteiger partial charge in [0.25, 0.3) is 0 Å². The van der Waals surface area contributed by atoms with Crippen LogP contribution in [0, 0.1) is 5.41 Å². The SMILES string of the molecule is C/C=C(\C(CCC)=NC)C(C)(C)C. The van der Waals surface area contributed by atoms with Gasteiger partial charge < -0.3 is 0 Å². The van der Waals surface area contributed by atoms with Crippen molar-refractivity contribution in [3.63, 3.8) is 0 Å². The van der Waals surface area contributed by atoms with Gasteiger partial charge in [-0.05, 0) is 24.3 Å². The Balaban J connectivity index is 4.78. The van der Waals surface area contributed by atoms with Crippen molar-refractivity contribution < 1.29 is 0 Å². The van der Waals surface area contributed by atoms with Crippen LogP contribution in [0.4, 0.5) is 0 Å². The minimum atomic E-state index is 0.221. The Morgan fingerprint density at radius 2 is 1.85 bits per heavy atom. The average molecular weight is 181 g/mol. The van der Waals surface area contributed by atoms with E-state index in [1.165, 1.54) is 17.7 Å². The lowest BCUT2D eigenvalue weighted by Gasteiger charge is -2.24. The standard InChI is InChI=1S/C12H23N/c1-7-9-11(13-6)10(8-2)12(3,4)5/h8H,7,9H2,1-6H3/b10-8+,13-11?. The molecule has 0 rings (SSSR count).